The second-order valence-corrected chi connectivity index (χ2v) is 12.8. The number of nitrogens with zero attached hydrogens (tertiary/aromatic N) is 1. The molecule has 1 radical (unpaired) electrons. The van der Waals surface area contributed by atoms with Crippen LogP contribution in [0.15, 0.2) is 127 Å². The van der Waals surface area contributed by atoms with Gasteiger partial charge in [0.1, 0.15) is 0 Å². The summed E-state index contributed by atoms with van der Waals surface area (Å²) in [5.41, 5.74) is 13.8. The van der Waals surface area contributed by atoms with Crippen molar-refractivity contribution in [3.8, 4) is 16.8 Å². The van der Waals surface area contributed by atoms with Gasteiger partial charge >= 0.3 is 0 Å². The lowest BCUT2D eigenvalue weighted by atomic mass is 9.58. The minimum absolute atomic E-state index is 0.123. The number of fused-ring (bicyclic) bond motifs is 11. The van der Waals surface area contributed by atoms with E-state index < -0.39 is 0 Å². The van der Waals surface area contributed by atoms with Gasteiger partial charge in [-0.15, -0.1) is 0 Å². The first kappa shape index (κ1) is 24.2. The number of anilines is 2. The third kappa shape index (κ3) is 3.01. The fourth-order valence-corrected chi connectivity index (χ4v) is 8.15. The van der Waals surface area contributed by atoms with Crippen LogP contribution < -0.4 is 16.2 Å². The van der Waals surface area contributed by atoms with Gasteiger partial charge in [0.05, 0.1) is 11.2 Å². The minimum atomic E-state index is -0.123. The van der Waals surface area contributed by atoms with Gasteiger partial charge in [0.2, 0.25) is 0 Å². The summed E-state index contributed by atoms with van der Waals surface area (Å²) >= 11 is 0. The summed E-state index contributed by atoms with van der Waals surface area (Å²) in [5.74, 6) is 0. The Morgan fingerprint density at radius 3 is 2.18 bits per heavy atom. The number of hydrogen-bond donors (Lipinski definition) is 1. The zero-order chi connectivity index (χ0) is 29.2. The Morgan fingerprint density at radius 2 is 1.27 bits per heavy atom. The Kier molecular flexibility index (Phi) is 4.63. The fraction of sp³-hybridized carbons (Fsp3) is 0.0732. The number of nitrogens with one attached hydrogen (secondary N) is 1. The molecule has 8 aromatic rings. The third-order valence-electron chi connectivity index (χ3n) is 10.2. The Labute approximate surface area is 256 Å². The number of aromatic nitrogens is 1. The van der Waals surface area contributed by atoms with Crippen LogP contribution in [0.3, 0.4) is 0 Å². The van der Waals surface area contributed by atoms with Crippen molar-refractivity contribution in [1.29, 1.82) is 0 Å². The van der Waals surface area contributed by atoms with Gasteiger partial charge in [-0.3, -0.25) is 0 Å². The van der Waals surface area contributed by atoms with Crippen LogP contribution in [0, 0.1) is 0 Å². The van der Waals surface area contributed by atoms with Gasteiger partial charge in [0, 0.05) is 49.4 Å². The lowest BCUT2D eigenvalue weighted by molar-refractivity contribution is 0.638. The Bertz CT molecular complexity index is 2530. The summed E-state index contributed by atoms with van der Waals surface area (Å²) in [6.07, 6.45) is 0. The van der Waals surface area contributed by atoms with Gasteiger partial charge in [-0.25, -0.2) is 0 Å². The van der Waals surface area contributed by atoms with Gasteiger partial charge in [-0.1, -0.05) is 135 Å². The Hall–Kier alpha value is -5.28. The van der Waals surface area contributed by atoms with Crippen molar-refractivity contribution in [3.05, 3.63) is 139 Å². The molecule has 0 atom stereocenters. The standard InChI is InChI=1S/C41H28BN2/c1-41(2)32-17-7-8-20-35(32)43-37-28(15-9-18-33(37)41)31-23-25-12-4-6-14-27(25)40-36(31)42-34-19-10-16-29-30-22-21-24-11-3-5-13-26(24)38(30)44(40)39(29)34/h3-23,43H,1-2H3. The zero-order valence-corrected chi connectivity index (χ0v) is 24.6. The molecule has 7 aromatic carbocycles. The highest BCUT2D eigenvalue weighted by atomic mass is 15.0. The molecule has 0 bridgehead atoms. The van der Waals surface area contributed by atoms with Gasteiger partial charge in [0.15, 0.2) is 7.28 Å². The smallest absolute Gasteiger partial charge is 0.197 e. The van der Waals surface area contributed by atoms with Crippen LogP contribution >= 0.6 is 0 Å². The van der Waals surface area contributed by atoms with Crippen LogP contribution in [0.1, 0.15) is 25.0 Å². The van der Waals surface area contributed by atoms with Crippen molar-refractivity contribution in [3.63, 3.8) is 0 Å². The van der Waals surface area contributed by atoms with Crippen LogP contribution in [0.4, 0.5) is 11.4 Å². The zero-order valence-electron chi connectivity index (χ0n) is 24.6. The maximum atomic E-state index is 3.89. The van der Waals surface area contributed by atoms with E-state index in [9.17, 15) is 0 Å². The molecule has 205 valence electrons. The highest BCUT2D eigenvalue weighted by molar-refractivity contribution is 6.74. The average Bonchev–Trinajstić information content (AvgIpc) is 3.40. The largest absolute Gasteiger partial charge is 0.355 e. The molecule has 2 aliphatic rings. The summed E-state index contributed by atoms with van der Waals surface area (Å²) in [4.78, 5) is 0. The maximum absolute atomic E-state index is 3.89. The number of para-hydroxylation sites is 3. The van der Waals surface area contributed by atoms with Gasteiger partial charge in [-0.2, -0.15) is 0 Å². The molecule has 0 spiro atoms. The van der Waals surface area contributed by atoms with E-state index in [4.69, 9.17) is 0 Å². The second kappa shape index (κ2) is 8.42. The molecule has 44 heavy (non-hydrogen) atoms. The van der Waals surface area contributed by atoms with Crippen molar-refractivity contribution in [2.75, 3.05) is 5.32 Å². The molecule has 1 N–H and O–H groups in total. The highest BCUT2D eigenvalue weighted by Crippen LogP contribution is 2.49. The summed E-state index contributed by atoms with van der Waals surface area (Å²) in [6.45, 7) is 4.70. The van der Waals surface area contributed by atoms with Gasteiger partial charge in [0.25, 0.3) is 0 Å². The maximum Gasteiger partial charge on any atom is 0.197 e. The third-order valence-corrected chi connectivity index (χ3v) is 10.2. The van der Waals surface area contributed by atoms with Crippen molar-refractivity contribution >= 4 is 72.9 Å². The number of hydrogen-bond acceptors (Lipinski definition) is 1. The molecule has 1 aromatic heterocycles. The van der Waals surface area contributed by atoms with E-state index in [1.807, 2.05) is 0 Å². The van der Waals surface area contributed by atoms with E-state index in [1.165, 1.54) is 93.6 Å². The van der Waals surface area contributed by atoms with E-state index in [2.05, 4.69) is 158 Å². The van der Waals surface area contributed by atoms with E-state index >= 15 is 0 Å². The van der Waals surface area contributed by atoms with Crippen LogP contribution in [-0.2, 0) is 5.41 Å². The molecule has 3 heteroatoms. The van der Waals surface area contributed by atoms with E-state index in [-0.39, 0.29) is 5.41 Å². The van der Waals surface area contributed by atoms with Gasteiger partial charge < -0.3 is 9.88 Å². The molecular formula is C41H28BN2. The SMILES string of the molecule is CC1(C)c2ccccc2Nc2c(-c3cc4ccccc4c4c3[B]c3cccc5c6ccc7ccccc7c6n-4c35)cccc21. The molecule has 10 rings (SSSR count). The predicted molar refractivity (Wildman–Crippen MR) is 188 cm³/mol. The normalized spacial score (nSPS) is 14.2. The van der Waals surface area contributed by atoms with E-state index in [0.717, 1.165) is 0 Å². The van der Waals surface area contributed by atoms with Crippen LogP contribution in [-0.4, -0.2) is 11.8 Å². The number of rotatable bonds is 1. The highest BCUT2D eigenvalue weighted by Gasteiger charge is 2.35. The quantitative estimate of drug-likeness (QED) is 0.199. The number of benzene rings is 7. The van der Waals surface area contributed by atoms with Crippen LogP contribution in [0.25, 0.3) is 60.2 Å². The first-order valence-electron chi connectivity index (χ1n) is 15.5. The van der Waals surface area contributed by atoms with Crippen LogP contribution in [0.5, 0.6) is 0 Å². The predicted octanol–water partition coefficient (Wildman–Crippen LogP) is 9.11. The lowest BCUT2D eigenvalue weighted by Gasteiger charge is -2.37. The summed E-state index contributed by atoms with van der Waals surface area (Å²) < 4.78 is 2.57. The monoisotopic (exact) mass is 559 g/mol. The van der Waals surface area contributed by atoms with E-state index in [1.54, 1.807) is 0 Å². The summed E-state index contributed by atoms with van der Waals surface area (Å²) in [7, 11) is 2.43. The molecule has 0 aliphatic carbocycles. The summed E-state index contributed by atoms with van der Waals surface area (Å²) in [5, 5.41) is 11.6. The first-order valence-corrected chi connectivity index (χ1v) is 15.5. The van der Waals surface area contributed by atoms with E-state index in [0.29, 0.717) is 0 Å². The summed E-state index contributed by atoms with van der Waals surface area (Å²) in [6, 6.07) is 47.1. The fourth-order valence-electron chi connectivity index (χ4n) is 8.15. The van der Waals surface area contributed by atoms with Crippen molar-refractivity contribution in [1.82, 2.24) is 4.57 Å². The molecule has 0 amide bonds. The van der Waals surface area contributed by atoms with Gasteiger partial charge in [-0.05, 0) is 45.1 Å². The molecule has 0 saturated heterocycles. The molecule has 3 heterocycles. The van der Waals surface area contributed by atoms with Crippen molar-refractivity contribution < 1.29 is 0 Å². The topological polar surface area (TPSA) is 17.0 Å². The molecule has 0 unspecified atom stereocenters. The molecule has 0 saturated carbocycles. The average molecular weight is 560 g/mol. The Morgan fingerprint density at radius 1 is 0.568 bits per heavy atom. The van der Waals surface area contributed by atoms with Crippen molar-refractivity contribution in [2.24, 2.45) is 0 Å². The lowest BCUT2D eigenvalue weighted by Crippen LogP contribution is -2.37. The molecule has 2 nitrogen and oxygen atoms in total. The molecular weight excluding hydrogens is 531 g/mol. The molecule has 2 aliphatic heterocycles. The second-order valence-electron chi connectivity index (χ2n) is 12.8. The molecule has 0 fully saturated rings. The first-order chi connectivity index (χ1) is 21.6. The Balaban J connectivity index is 1.36. The minimum Gasteiger partial charge on any atom is -0.355 e. The van der Waals surface area contributed by atoms with Crippen molar-refractivity contribution in [2.45, 2.75) is 19.3 Å². The van der Waals surface area contributed by atoms with Crippen LogP contribution in [0.2, 0.25) is 0 Å².